The summed E-state index contributed by atoms with van der Waals surface area (Å²) in [5.74, 6) is 1.44. The highest BCUT2D eigenvalue weighted by molar-refractivity contribution is 5.33. The highest BCUT2D eigenvalue weighted by Gasteiger charge is 2.32. The zero-order chi connectivity index (χ0) is 12.4. The second-order valence-electron chi connectivity index (χ2n) is 4.97. The predicted molar refractivity (Wildman–Crippen MR) is 68.8 cm³/mol. The number of hydrogen-bond donors (Lipinski definition) is 1. The zero-order valence-corrected chi connectivity index (χ0v) is 10.8. The van der Waals surface area contributed by atoms with E-state index in [2.05, 4.69) is 40.8 Å². The zero-order valence-electron chi connectivity index (χ0n) is 10.8. The van der Waals surface area contributed by atoms with Crippen LogP contribution in [0.2, 0.25) is 0 Å². The van der Waals surface area contributed by atoms with E-state index >= 15 is 0 Å². The van der Waals surface area contributed by atoms with Crippen LogP contribution in [0.3, 0.4) is 0 Å². The first-order valence-electron chi connectivity index (χ1n) is 6.05. The Hall–Kier alpha value is -1.20. The number of rotatable bonds is 3. The minimum absolute atomic E-state index is 0.468. The van der Waals surface area contributed by atoms with Gasteiger partial charge in [0.05, 0.1) is 5.69 Å². The highest BCUT2D eigenvalue weighted by atomic mass is 15.3. The van der Waals surface area contributed by atoms with E-state index in [-0.39, 0.29) is 0 Å². The summed E-state index contributed by atoms with van der Waals surface area (Å²) in [6.07, 6.45) is 1.79. The van der Waals surface area contributed by atoms with Crippen LogP contribution in [0.25, 0.3) is 0 Å². The lowest BCUT2D eigenvalue weighted by atomic mass is 10.1. The summed E-state index contributed by atoms with van der Waals surface area (Å²) < 4.78 is 0. The molecular weight excluding hydrogens is 214 g/mol. The van der Waals surface area contributed by atoms with E-state index in [1.807, 2.05) is 6.07 Å². The van der Waals surface area contributed by atoms with Crippen LogP contribution >= 0.6 is 0 Å². The minimum atomic E-state index is 0.468. The molecule has 5 heteroatoms. The van der Waals surface area contributed by atoms with Crippen molar-refractivity contribution >= 4 is 5.95 Å². The van der Waals surface area contributed by atoms with Crippen molar-refractivity contribution in [1.29, 1.82) is 0 Å². The molecule has 94 valence electrons. The van der Waals surface area contributed by atoms with E-state index in [9.17, 15) is 0 Å². The van der Waals surface area contributed by atoms with Crippen LogP contribution in [0.5, 0.6) is 0 Å². The van der Waals surface area contributed by atoms with Crippen molar-refractivity contribution in [3.05, 3.63) is 18.0 Å². The molecule has 1 aliphatic rings. The van der Waals surface area contributed by atoms with E-state index in [4.69, 9.17) is 5.73 Å². The highest BCUT2D eigenvalue weighted by Crippen LogP contribution is 2.23. The first-order chi connectivity index (χ1) is 8.11. The molecule has 2 rings (SSSR count). The molecule has 1 fully saturated rings. The molecule has 17 heavy (non-hydrogen) atoms. The second kappa shape index (κ2) is 4.98. The van der Waals surface area contributed by atoms with Gasteiger partial charge in [0, 0.05) is 31.9 Å². The SMILES string of the molecule is CC1CN(c2nccc(CN)n2)CC1N(C)C. The van der Waals surface area contributed by atoms with Gasteiger partial charge in [-0.2, -0.15) is 0 Å². The first-order valence-corrected chi connectivity index (χ1v) is 6.05. The number of aromatic nitrogens is 2. The van der Waals surface area contributed by atoms with Crippen molar-refractivity contribution in [2.45, 2.75) is 19.5 Å². The maximum Gasteiger partial charge on any atom is 0.225 e. The molecule has 0 bridgehead atoms. The Balaban J connectivity index is 2.13. The maximum absolute atomic E-state index is 5.60. The van der Waals surface area contributed by atoms with Gasteiger partial charge in [-0.1, -0.05) is 6.92 Å². The van der Waals surface area contributed by atoms with Gasteiger partial charge in [-0.25, -0.2) is 9.97 Å². The molecular formula is C12H21N5. The molecule has 0 aliphatic carbocycles. The van der Waals surface area contributed by atoms with Gasteiger partial charge in [0.1, 0.15) is 0 Å². The Morgan fingerprint density at radius 1 is 1.47 bits per heavy atom. The van der Waals surface area contributed by atoms with E-state index in [0.717, 1.165) is 24.7 Å². The lowest BCUT2D eigenvalue weighted by Crippen LogP contribution is -2.34. The number of anilines is 1. The van der Waals surface area contributed by atoms with E-state index < -0.39 is 0 Å². The van der Waals surface area contributed by atoms with Crippen LogP contribution in [0.15, 0.2) is 12.3 Å². The van der Waals surface area contributed by atoms with Crippen molar-refractivity contribution in [3.63, 3.8) is 0 Å². The van der Waals surface area contributed by atoms with E-state index in [0.29, 0.717) is 18.5 Å². The molecule has 1 aromatic heterocycles. The van der Waals surface area contributed by atoms with Gasteiger partial charge in [0.15, 0.2) is 0 Å². The molecule has 0 radical (unpaired) electrons. The normalized spacial score (nSPS) is 24.6. The third kappa shape index (κ3) is 2.56. The lowest BCUT2D eigenvalue weighted by molar-refractivity contribution is 0.266. The quantitative estimate of drug-likeness (QED) is 0.817. The standard InChI is InChI=1S/C12H21N5/c1-9-7-17(8-11(9)16(2)3)12-14-5-4-10(6-13)15-12/h4-5,9,11H,6-8,13H2,1-3H3. The average Bonchev–Trinajstić information content (AvgIpc) is 2.71. The molecule has 1 aliphatic heterocycles. The topological polar surface area (TPSA) is 58.3 Å². The van der Waals surface area contributed by atoms with Gasteiger partial charge in [0.25, 0.3) is 0 Å². The third-order valence-corrected chi connectivity index (χ3v) is 3.43. The van der Waals surface area contributed by atoms with Gasteiger partial charge in [-0.3, -0.25) is 0 Å². The molecule has 0 saturated carbocycles. The smallest absolute Gasteiger partial charge is 0.225 e. The van der Waals surface area contributed by atoms with Crippen LogP contribution in [0, 0.1) is 5.92 Å². The summed E-state index contributed by atoms with van der Waals surface area (Å²) in [5.41, 5.74) is 6.50. The van der Waals surface area contributed by atoms with E-state index in [1.165, 1.54) is 0 Å². The Labute approximate surface area is 103 Å². The molecule has 0 amide bonds. The molecule has 0 aromatic carbocycles. The monoisotopic (exact) mass is 235 g/mol. The van der Waals surface area contributed by atoms with Crippen molar-refractivity contribution in [2.24, 2.45) is 11.7 Å². The lowest BCUT2D eigenvalue weighted by Gasteiger charge is -2.22. The summed E-state index contributed by atoms with van der Waals surface area (Å²) in [6.45, 7) is 4.74. The van der Waals surface area contributed by atoms with Gasteiger partial charge in [-0.15, -0.1) is 0 Å². The summed E-state index contributed by atoms with van der Waals surface area (Å²) in [7, 11) is 4.25. The summed E-state index contributed by atoms with van der Waals surface area (Å²) in [5, 5.41) is 0. The summed E-state index contributed by atoms with van der Waals surface area (Å²) in [6, 6.07) is 2.44. The van der Waals surface area contributed by atoms with Crippen molar-refractivity contribution in [2.75, 3.05) is 32.1 Å². The first kappa shape index (κ1) is 12.3. The summed E-state index contributed by atoms with van der Waals surface area (Å²) >= 11 is 0. The molecule has 5 nitrogen and oxygen atoms in total. The molecule has 2 atom stereocenters. The Morgan fingerprint density at radius 2 is 2.24 bits per heavy atom. The maximum atomic E-state index is 5.60. The van der Waals surface area contributed by atoms with Crippen molar-refractivity contribution in [3.8, 4) is 0 Å². The van der Waals surface area contributed by atoms with Crippen LogP contribution in [0.4, 0.5) is 5.95 Å². The minimum Gasteiger partial charge on any atom is -0.339 e. The second-order valence-corrected chi connectivity index (χ2v) is 4.97. The fourth-order valence-corrected chi connectivity index (χ4v) is 2.44. The van der Waals surface area contributed by atoms with Crippen molar-refractivity contribution < 1.29 is 0 Å². The molecule has 2 heterocycles. The Bertz CT molecular complexity index is 379. The summed E-state index contributed by atoms with van der Waals surface area (Å²) in [4.78, 5) is 13.3. The molecule has 1 saturated heterocycles. The van der Waals surface area contributed by atoms with Crippen molar-refractivity contribution in [1.82, 2.24) is 14.9 Å². The number of likely N-dealkylation sites (N-methyl/N-ethyl adjacent to an activating group) is 1. The molecule has 2 unspecified atom stereocenters. The van der Waals surface area contributed by atoms with Crippen LogP contribution in [-0.2, 0) is 6.54 Å². The van der Waals surface area contributed by atoms with Crippen LogP contribution in [-0.4, -0.2) is 48.1 Å². The van der Waals surface area contributed by atoms with Gasteiger partial charge in [-0.05, 0) is 26.1 Å². The van der Waals surface area contributed by atoms with Crippen LogP contribution in [0.1, 0.15) is 12.6 Å². The third-order valence-electron chi connectivity index (χ3n) is 3.43. The van der Waals surface area contributed by atoms with Crippen LogP contribution < -0.4 is 10.6 Å². The Morgan fingerprint density at radius 3 is 2.82 bits per heavy atom. The molecule has 0 spiro atoms. The molecule has 2 N–H and O–H groups in total. The van der Waals surface area contributed by atoms with Gasteiger partial charge in [0.2, 0.25) is 5.95 Å². The van der Waals surface area contributed by atoms with Gasteiger partial charge < -0.3 is 15.5 Å². The van der Waals surface area contributed by atoms with Gasteiger partial charge >= 0.3 is 0 Å². The average molecular weight is 235 g/mol. The molecule has 1 aromatic rings. The Kier molecular flexibility index (Phi) is 3.59. The number of nitrogens with two attached hydrogens (primary N) is 1. The number of hydrogen-bond acceptors (Lipinski definition) is 5. The fourth-order valence-electron chi connectivity index (χ4n) is 2.44. The largest absolute Gasteiger partial charge is 0.339 e. The fraction of sp³-hybridized carbons (Fsp3) is 0.667. The predicted octanol–water partition coefficient (Wildman–Crippen LogP) is 0.322. The van der Waals surface area contributed by atoms with E-state index in [1.54, 1.807) is 6.20 Å². The number of nitrogens with zero attached hydrogens (tertiary/aromatic N) is 4.